The summed E-state index contributed by atoms with van der Waals surface area (Å²) in [5, 5.41) is 4.76. The van der Waals surface area contributed by atoms with Gasteiger partial charge in [-0.25, -0.2) is 18.5 Å². The molecule has 0 spiro atoms. The summed E-state index contributed by atoms with van der Waals surface area (Å²) >= 11 is 3.20. The molecule has 1 aromatic rings. The Morgan fingerprint density at radius 1 is 1.50 bits per heavy atom. The summed E-state index contributed by atoms with van der Waals surface area (Å²) < 4.78 is 22.4. The van der Waals surface area contributed by atoms with E-state index in [0.717, 1.165) is 4.47 Å². The first kappa shape index (κ1) is 9.63. The quantitative estimate of drug-likeness (QED) is 0.802. The second kappa shape index (κ2) is 3.12. The van der Waals surface area contributed by atoms with Crippen LogP contribution in [0.3, 0.4) is 0 Å². The lowest BCUT2D eigenvalue weighted by atomic mass is 10.4. The Hall–Kier alpha value is -0.460. The van der Waals surface area contributed by atoms with Crippen LogP contribution in [-0.4, -0.2) is 13.4 Å². The molecule has 0 aliphatic carbocycles. The number of pyridine rings is 1. The molecule has 0 bridgehead atoms. The summed E-state index contributed by atoms with van der Waals surface area (Å²) in [6.07, 6.45) is 0. The number of halogens is 1. The highest BCUT2D eigenvalue weighted by atomic mass is 79.9. The Morgan fingerprint density at radius 2 is 2.08 bits per heavy atom. The van der Waals surface area contributed by atoms with Gasteiger partial charge < -0.3 is 0 Å². The average molecular weight is 251 g/mol. The largest absolute Gasteiger partial charge is 0.255 e. The Morgan fingerprint density at radius 3 is 2.50 bits per heavy atom. The van der Waals surface area contributed by atoms with E-state index in [0.29, 0.717) is 5.69 Å². The molecule has 0 unspecified atom stereocenters. The molecule has 4 nitrogen and oxygen atoms in total. The molecule has 0 aromatic carbocycles. The Bertz CT molecular complexity index is 402. The molecule has 0 fully saturated rings. The van der Waals surface area contributed by atoms with Gasteiger partial charge in [0.15, 0.2) is 5.03 Å². The summed E-state index contributed by atoms with van der Waals surface area (Å²) in [6.45, 7) is 1.69. The van der Waals surface area contributed by atoms with Crippen LogP contribution in [0.2, 0.25) is 0 Å². The second-order valence-electron chi connectivity index (χ2n) is 2.26. The van der Waals surface area contributed by atoms with Gasteiger partial charge in [-0.1, -0.05) is 0 Å². The van der Waals surface area contributed by atoms with Gasteiger partial charge >= 0.3 is 0 Å². The number of nitrogens with two attached hydrogens (primary N) is 1. The average Bonchev–Trinajstić information content (AvgIpc) is 1.92. The lowest BCUT2D eigenvalue weighted by Crippen LogP contribution is -2.14. The number of primary sulfonamides is 1. The van der Waals surface area contributed by atoms with E-state index < -0.39 is 10.0 Å². The topological polar surface area (TPSA) is 73.0 Å². The second-order valence-corrected chi connectivity index (χ2v) is 4.62. The van der Waals surface area contributed by atoms with Gasteiger partial charge in [-0.2, -0.15) is 0 Å². The fourth-order valence-corrected chi connectivity index (χ4v) is 1.42. The molecule has 2 N–H and O–H groups in total. The van der Waals surface area contributed by atoms with E-state index >= 15 is 0 Å². The van der Waals surface area contributed by atoms with Crippen LogP contribution in [0.5, 0.6) is 0 Å². The molecule has 0 saturated heterocycles. The van der Waals surface area contributed by atoms with Crippen molar-refractivity contribution in [2.45, 2.75) is 11.9 Å². The van der Waals surface area contributed by atoms with E-state index in [-0.39, 0.29) is 5.03 Å². The Kier molecular flexibility index (Phi) is 2.50. The maximum Gasteiger partial charge on any atom is 0.255 e. The maximum absolute atomic E-state index is 10.8. The molecule has 1 aromatic heterocycles. The van der Waals surface area contributed by atoms with E-state index in [9.17, 15) is 8.42 Å². The number of aromatic nitrogens is 1. The van der Waals surface area contributed by atoms with Crippen molar-refractivity contribution in [2.75, 3.05) is 0 Å². The summed E-state index contributed by atoms with van der Waals surface area (Å²) in [4.78, 5) is 3.78. The number of hydrogen-bond acceptors (Lipinski definition) is 3. The maximum atomic E-state index is 10.8. The minimum Gasteiger partial charge on any atom is -0.239 e. The van der Waals surface area contributed by atoms with Crippen molar-refractivity contribution in [2.24, 2.45) is 5.14 Å². The number of rotatable bonds is 1. The molecule has 12 heavy (non-hydrogen) atoms. The molecule has 0 saturated carbocycles. The van der Waals surface area contributed by atoms with E-state index in [1.54, 1.807) is 13.0 Å². The van der Waals surface area contributed by atoms with Gasteiger partial charge in [0.05, 0.1) is 5.69 Å². The molecule has 1 heterocycles. The zero-order chi connectivity index (χ0) is 9.35. The number of sulfonamides is 1. The Labute approximate surface area is 79.0 Å². The number of hydrogen-bond donors (Lipinski definition) is 1. The van der Waals surface area contributed by atoms with Crippen LogP contribution in [0.4, 0.5) is 0 Å². The molecular formula is C6H7BrN2O2S. The van der Waals surface area contributed by atoms with Crippen LogP contribution in [0.1, 0.15) is 5.69 Å². The highest BCUT2D eigenvalue weighted by Gasteiger charge is 2.09. The van der Waals surface area contributed by atoms with Crippen LogP contribution in [0, 0.1) is 6.92 Å². The zero-order valence-electron chi connectivity index (χ0n) is 6.28. The minimum atomic E-state index is -3.67. The molecule has 6 heteroatoms. The van der Waals surface area contributed by atoms with Gasteiger partial charge in [0.2, 0.25) is 0 Å². The summed E-state index contributed by atoms with van der Waals surface area (Å²) in [5.74, 6) is 0. The van der Waals surface area contributed by atoms with Crippen LogP contribution >= 0.6 is 15.9 Å². The van der Waals surface area contributed by atoms with Crippen molar-refractivity contribution in [3.8, 4) is 0 Å². The predicted octanol–water partition coefficient (Wildman–Crippen LogP) is 0.800. The fourth-order valence-electron chi connectivity index (χ4n) is 0.679. The first-order valence-electron chi connectivity index (χ1n) is 3.07. The van der Waals surface area contributed by atoms with Crippen LogP contribution in [0.25, 0.3) is 0 Å². The number of nitrogens with zero attached hydrogens (tertiary/aromatic N) is 1. The van der Waals surface area contributed by atoms with Crippen LogP contribution in [-0.2, 0) is 10.0 Å². The predicted molar refractivity (Wildman–Crippen MR) is 48.0 cm³/mol. The molecule has 0 radical (unpaired) electrons. The van der Waals surface area contributed by atoms with E-state index in [4.69, 9.17) is 5.14 Å². The third-order valence-electron chi connectivity index (χ3n) is 1.29. The van der Waals surface area contributed by atoms with Gasteiger partial charge in [0, 0.05) is 4.47 Å². The first-order valence-corrected chi connectivity index (χ1v) is 5.41. The van der Waals surface area contributed by atoms with Crippen LogP contribution in [0.15, 0.2) is 21.6 Å². The molecule has 0 amide bonds. The van der Waals surface area contributed by atoms with Gasteiger partial charge in [-0.3, -0.25) is 0 Å². The zero-order valence-corrected chi connectivity index (χ0v) is 8.68. The standard InChI is InChI=1S/C6H7BrN2O2S/c1-4-5(7)2-3-6(9-4)12(8,10)11/h2-3H,1H3,(H2,8,10,11). The van der Waals surface area contributed by atoms with E-state index in [1.165, 1.54) is 6.07 Å². The van der Waals surface area contributed by atoms with E-state index in [2.05, 4.69) is 20.9 Å². The highest BCUT2D eigenvalue weighted by molar-refractivity contribution is 9.10. The number of aryl methyl sites for hydroxylation is 1. The first-order chi connectivity index (χ1) is 5.41. The summed E-state index contributed by atoms with van der Waals surface area (Å²) in [5.41, 5.74) is 0.599. The molecule has 0 aliphatic rings. The molecule has 0 atom stereocenters. The normalized spacial score (nSPS) is 11.6. The summed E-state index contributed by atoms with van der Waals surface area (Å²) in [6, 6.07) is 2.95. The SMILES string of the molecule is Cc1nc(S(N)(=O)=O)ccc1Br. The molecular weight excluding hydrogens is 244 g/mol. The van der Waals surface area contributed by atoms with Crippen molar-refractivity contribution in [1.82, 2.24) is 4.98 Å². The smallest absolute Gasteiger partial charge is 0.239 e. The molecule has 0 aliphatic heterocycles. The third kappa shape index (κ3) is 2.02. The van der Waals surface area contributed by atoms with Gasteiger partial charge in [-0.15, -0.1) is 0 Å². The van der Waals surface area contributed by atoms with Crippen molar-refractivity contribution >= 4 is 26.0 Å². The summed E-state index contributed by atoms with van der Waals surface area (Å²) in [7, 11) is -3.67. The van der Waals surface area contributed by atoms with Crippen molar-refractivity contribution in [3.05, 3.63) is 22.3 Å². The monoisotopic (exact) mass is 250 g/mol. The lowest BCUT2D eigenvalue weighted by molar-refractivity contribution is 0.593. The fraction of sp³-hybridized carbons (Fsp3) is 0.167. The van der Waals surface area contributed by atoms with Gasteiger partial charge in [0.25, 0.3) is 10.0 Å². The molecule has 66 valence electrons. The van der Waals surface area contributed by atoms with Crippen molar-refractivity contribution in [3.63, 3.8) is 0 Å². The van der Waals surface area contributed by atoms with Gasteiger partial charge in [0.1, 0.15) is 0 Å². The van der Waals surface area contributed by atoms with Crippen LogP contribution < -0.4 is 5.14 Å². The highest BCUT2D eigenvalue weighted by Crippen LogP contribution is 2.15. The van der Waals surface area contributed by atoms with Gasteiger partial charge in [-0.05, 0) is 35.0 Å². The Balaban J connectivity index is 3.33. The van der Waals surface area contributed by atoms with E-state index in [1.807, 2.05) is 0 Å². The third-order valence-corrected chi connectivity index (χ3v) is 2.94. The molecule has 1 rings (SSSR count). The minimum absolute atomic E-state index is 0.108. The van der Waals surface area contributed by atoms with Crippen molar-refractivity contribution < 1.29 is 8.42 Å². The lowest BCUT2D eigenvalue weighted by Gasteiger charge is -1.99. The van der Waals surface area contributed by atoms with Crippen molar-refractivity contribution in [1.29, 1.82) is 0 Å².